The Morgan fingerprint density at radius 3 is 2.45 bits per heavy atom. The quantitative estimate of drug-likeness (QED) is 0.373. The summed E-state index contributed by atoms with van der Waals surface area (Å²) in [4.78, 5) is 35.6. The molecule has 0 unspecified atom stereocenters. The third kappa shape index (κ3) is 7.44. The van der Waals surface area contributed by atoms with Crippen LogP contribution in [-0.2, 0) is 20.7 Å². The summed E-state index contributed by atoms with van der Waals surface area (Å²) in [7, 11) is 0. The molecule has 0 aliphatic heterocycles. The van der Waals surface area contributed by atoms with Crippen molar-refractivity contribution in [2.24, 2.45) is 0 Å². The van der Waals surface area contributed by atoms with Gasteiger partial charge in [0.05, 0.1) is 24.5 Å². The van der Waals surface area contributed by atoms with E-state index in [0.29, 0.717) is 41.8 Å². The van der Waals surface area contributed by atoms with E-state index in [4.69, 9.17) is 14.6 Å². The Hall–Kier alpha value is -3.35. The van der Waals surface area contributed by atoms with Gasteiger partial charge in [0, 0.05) is 12.0 Å². The maximum atomic E-state index is 12.7. The Kier molecular flexibility index (Phi) is 9.55. The molecule has 0 aliphatic rings. The Morgan fingerprint density at radius 2 is 1.74 bits per heavy atom. The number of ether oxygens (including phenoxy) is 2. The minimum absolute atomic E-state index is 0.0589. The summed E-state index contributed by atoms with van der Waals surface area (Å²) in [5.41, 5.74) is 3.01. The molecule has 7 heteroatoms. The predicted molar refractivity (Wildman–Crippen MR) is 118 cm³/mol. The van der Waals surface area contributed by atoms with Crippen LogP contribution in [0.3, 0.4) is 0 Å². The van der Waals surface area contributed by atoms with Gasteiger partial charge in [-0.3, -0.25) is 10.1 Å². The number of unbranched alkanes of at least 4 members (excludes halogenated alkanes) is 1. The van der Waals surface area contributed by atoms with Crippen LogP contribution >= 0.6 is 0 Å². The number of para-hydroxylation sites is 1. The van der Waals surface area contributed by atoms with Gasteiger partial charge in [-0.2, -0.15) is 0 Å². The monoisotopic (exact) mass is 427 g/mol. The van der Waals surface area contributed by atoms with Crippen molar-refractivity contribution in [2.45, 2.75) is 46.0 Å². The largest absolute Gasteiger partial charge is 0.481 e. The molecule has 2 N–H and O–H groups in total. The van der Waals surface area contributed by atoms with Gasteiger partial charge in [0.25, 0.3) is 0 Å². The highest BCUT2D eigenvalue weighted by molar-refractivity contribution is 6.01. The summed E-state index contributed by atoms with van der Waals surface area (Å²) in [6.45, 7) is 4.31. The number of carbonyl (C=O) groups excluding carboxylic acids is 2. The number of carboxylic acids is 1. The van der Waals surface area contributed by atoms with Crippen LogP contribution in [0.1, 0.15) is 55.5 Å². The first-order chi connectivity index (χ1) is 15.0. The number of carbonyl (C=O) groups is 3. The lowest BCUT2D eigenvalue weighted by Gasteiger charge is -2.15. The number of amides is 1. The van der Waals surface area contributed by atoms with Gasteiger partial charge in [-0.25, -0.2) is 9.59 Å². The van der Waals surface area contributed by atoms with Crippen molar-refractivity contribution in [2.75, 3.05) is 18.5 Å². The number of carboxylic acid groups (broad SMARTS) is 1. The Labute approximate surface area is 182 Å². The van der Waals surface area contributed by atoms with E-state index in [1.54, 1.807) is 31.2 Å². The number of hydrogen-bond donors (Lipinski definition) is 2. The van der Waals surface area contributed by atoms with Crippen molar-refractivity contribution >= 4 is 23.7 Å². The second-order valence-corrected chi connectivity index (χ2v) is 7.01. The minimum atomic E-state index is -0.854. The van der Waals surface area contributed by atoms with E-state index in [-0.39, 0.29) is 13.0 Å². The molecule has 0 aromatic heterocycles. The Balaban J connectivity index is 2.34. The summed E-state index contributed by atoms with van der Waals surface area (Å²) in [6.07, 6.45) is 2.21. The first-order valence-electron chi connectivity index (χ1n) is 10.5. The summed E-state index contributed by atoms with van der Waals surface area (Å²) in [5.74, 6) is -1.33. The van der Waals surface area contributed by atoms with E-state index in [0.717, 1.165) is 18.4 Å². The normalized spacial score (nSPS) is 10.4. The summed E-state index contributed by atoms with van der Waals surface area (Å²) in [5, 5.41) is 11.6. The van der Waals surface area contributed by atoms with Gasteiger partial charge in [-0.05, 0) is 49.4 Å². The Morgan fingerprint density at radius 1 is 0.968 bits per heavy atom. The molecular weight excluding hydrogens is 398 g/mol. The van der Waals surface area contributed by atoms with Crippen molar-refractivity contribution in [3.8, 4) is 11.1 Å². The zero-order chi connectivity index (χ0) is 22.6. The molecule has 0 fully saturated rings. The van der Waals surface area contributed by atoms with Crippen LogP contribution in [0.2, 0.25) is 0 Å². The van der Waals surface area contributed by atoms with Crippen LogP contribution in [0.15, 0.2) is 42.5 Å². The molecule has 0 spiro atoms. The Bertz CT molecular complexity index is 909. The predicted octanol–water partition coefficient (Wildman–Crippen LogP) is 5.29. The number of rotatable bonds is 11. The molecule has 2 aromatic rings. The van der Waals surface area contributed by atoms with E-state index in [9.17, 15) is 14.4 Å². The lowest BCUT2D eigenvalue weighted by molar-refractivity contribution is -0.137. The zero-order valence-corrected chi connectivity index (χ0v) is 18.0. The third-order valence-corrected chi connectivity index (χ3v) is 4.62. The molecule has 2 aromatic carbocycles. The van der Waals surface area contributed by atoms with Gasteiger partial charge in [0.1, 0.15) is 0 Å². The van der Waals surface area contributed by atoms with Gasteiger partial charge in [-0.1, -0.05) is 43.7 Å². The number of nitrogens with one attached hydrogen (secondary N) is 1. The molecule has 2 rings (SSSR count). The van der Waals surface area contributed by atoms with Crippen LogP contribution in [0.4, 0.5) is 10.5 Å². The van der Waals surface area contributed by atoms with Crippen LogP contribution in [0, 0.1) is 0 Å². The zero-order valence-electron chi connectivity index (χ0n) is 18.0. The second-order valence-electron chi connectivity index (χ2n) is 7.01. The van der Waals surface area contributed by atoms with E-state index >= 15 is 0 Å². The fraction of sp³-hybridized carbons (Fsp3) is 0.375. The standard InChI is InChI=1S/C24H29NO6/c1-3-5-15-31-24(29)25-21-11-7-6-10-19(21)18-14-13-17(9-8-12-22(26)27)16-20(18)23(28)30-4-2/h6-7,10-11,13-14,16H,3-5,8-9,12,15H2,1-2H3,(H,25,29)(H,26,27). The molecule has 0 bridgehead atoms. The lowest BCUT2D eigenvalue weighted by atomic mass is 9.94. The highest BCUT2D eigenvalue weighted by Gasteiger charge is 2.18. The molecule has 31 heavy (non-hydrogen) atoms. The molecule has 0 radical (unpaired) electrons. The van der Waals surface area contributed by atoms with Crippen molar-refractivity contribution < 1.29 is 29.0 Å². The molecule has 0 heterocycles. The third-order valence-electron chi connectivity index (χ3n) is 4.62. The number of esters is 1. The minimum Gasteiger partial charge on any atom is -0.481 e. The van der Waals surface area contributed by atoms with Crippen molar-refractivity contribution in [1.29, 1.82) is 0 Å². The van der Waals surface area contributed by atoms with Gasteiger partial charge in [0.15, 0.2) is 0 Å². The van der Waals surface area contributed by atoms with Gasteiger partial charge < -0.3 is 14.6 Å². The fourth-order valence-corrected chi connectivity index (χ4v) is 3.09. The first kappa shape index (κ1) is 23.9. The molecular formula is C24H29NO6. The van der Waals surface area contributed by atoms with Crippen molar-refractivity contribution in [3.63, 3.8) is 0 Å². The molecule has 7 nitrogen and oxygen atoms in total. The van der Waals surface area contributed by atoms with Gasteiger partial charge in [0.2, 0.25) is 0 Å². The maximum Gasteiger partial charge on any atom is 0.411 e. The number of aryl methyl sites for hydroxylation is 1. The second kappa shape index (κ2) is 12.4. The first-order valence-corrected chi connectivity index (χ1v) is 10.5. The maximum absolute atomic E-state index is 12.7. The van der Waals surface area contributed by atoms with Crippen LogP contribution in [0.5, 0.6) is 0 Å². The number of aliphatic carboxylic acids is 1. The van der Waals surface area contributed by atoms with Crippen molar-refractivity contribution in [3.05, 3.63) is 53.6 Å². The smallest absolute Gasteiger partial charge is 0.411 e. The van der Waals surface area contributed by atoms with Gasteiger partial charge in [-0.15, -0.1) is 0 Å². The van der Waals surface area contributed by atoms with E-state index in [2.05, 4.69) is 5.32 Å². The SMILES string of the molecule is CCCCOC(=O)Nc1ccccc1-c1ccc(CCCC(=O)O)cc1C(=O)OCC. The molecule has 0 atom stereocenters. The van der Waals surface area contributed by atoms with Crippen molar-refractivity contribution in [1.82, 2.24) is 0 Å². The summed E-state index contributed by atoms with van der Waals surface area (Å²) < 4.78 is 10.4. The highest BCUT2D eigenvalue weighted by atomic mass is 16.5. The number of anilines is 1. The van der Waals surface area contributed by atoms with Gasteiger partial charge >= 0.3 is 18.0 Å². The fourth-order valence-electron chi connectivity index (χ4n) is 3.09. The average Bonchev–Trinajstić information content (AvgIpc) is 2.74. The van der Waals surface area contributed by atoms with E-state index in [1.807, 2.05) is 25.1 Å². The molecule has 1 amide bonds. The topological polar surface area (TPSA) is 102 Å². The van der Waals surface area contributed by atoms with E-state index < -0.39 is 18.0 Å². The number of benzene rings is 2. The van der Waals surface area contributed by atoms with Crippen LogP contribution in [0.25, 0.3) is 11.1 Å². The molecule has 166 valence electrons. The van der Waals surface area contributed by atoms with E-state index in [1.165, 1.54) is 0 Å². The number of hydrogen-bond acceptors (Lipinski definition) is 5. The molecule has 0 saturated carbocycles. The summed E-state index contributed by atoms with van der Waals surface area (Å²) >= 11 is 0. The van der Waals surface area contributed by atoms with Crippen LogP contribution in [-0.4, -0.2) is 36.4 Å². The average molecular weight is 427 g/mol. The van der Waals surface area contributed by atoms with Crippen LogP contribution < -0.4 is 5.32 Å². The highest BCUT2D eigenvalue weighted by Crippen LogP contribution is 2.32. The lowest BCUT2D eigenvalue weighted by Crippen LogP contribution is -2.15. The summed E-state index contributed by atoms with van der Waals surface area (Å²) in [6, 6.07) is 12.5. The molecule has 0 saturated heterocycles. The molecule has 0 aliphatic carbocycles.